The second kappa shape index (κ2) is 20.9. The van der Waals surface area contributed by atoms with Crippen LogP contribution in [0, 0.1) is 5.92 Å². The Hall–Kier alpha value is -4.59. The monoisotopic (exact) mass is 740 g/mol. The van der Waals surface area contributed by atoms with E-state index in [9.17, 15) is 37.2 Å². The molecule has 0 fully saturated rings. The molecule has 5 amide bonds. The molecule has 0 bridgehead atoms. The standard InChI is InChI=1S/C32H48N6O12S/c1-6-19(2)30(38-28(41)13-23-14-33-26-10-8-7-9-25(23)26)32(44)35-16-29(42)37-27(18-49-51(45,46)47)31(43)34-15-24(36-21(4)39)17-48-12-11-20(3)50-22(5)40/h7-10,14,19-20,24,27,30,33H,6,11-13,15-18H2,1-5H3,(H,34,43)(H,35,44)(H,36,39)(H,37,42)(H,38,41)(H,45,46,47)/t19-,20+,24-,27-,30-/m0/s1. The fourth-order valence-corrected chi connectivity index (χ4v) is 5.15. The molecule has 51 heavy (non-hydrogen) atoms. The summed E-state index contributed by atoms with van der Waals surface area (Å²) in [5.74, 6) is -4.14. The van der Waals surface area contributed by atoms with Gasteiger partial charge < -0.3 is 41.0 Å². The summed E-state index contributed by atoms with van der Waals surface area (Å²) in [5.41, 5.74) is 1.60. The molecule has 0 radical (unpaired) electrons. The van der Waals surface area contributed by atoms with Crippen molar-refractivity contribution in [2.45, 2.75) is 78.1 Å². The second-order valence-corrected chi connectivity index (χ2v) is 13.0. The van der Waals surface area contributed by atoms with E-state index in [0.717, 1.165) is 16.5 Å². The number of aromatic amines is 1. The van der Waals surface area contributed by atoms with Crippen LogP contribution in [-0.4, -0.2) is 111 Å². The van der Waals surface area contributed by atoms with Crippen LogP contribution in [0.4, 0.5) is 0 Å². The molecule has 7 N–H and O–H groups in total. The largest absolute Gasteiger partial charge is 0.463 e. The highest BCUT2D eigenvalue weighted by Crippen LogP contribution is 2.18. The van der Waals surface area contributed by atoms with Crippen LogP contribution in [0.25, 0.3) is 10.9 Å². The average Bonchev–Trinajstić information content (AvgIpc) is 3.45. The van der Waals surface area contributed by atoms with Crippen molar-refractivity contribution in [3.63, 3.8) is 0 Å². The van der Waals surface area contributed by atoms with Crippen LogP contribution < -0.4 is 26.6 Å². The number of esters is 1. The first kappa shape index (κ1) is 42.6. The number of benzene rings is 1. The maximum absolute atomic E-state index is 13.1. The summed E-state index contributed by atoms with van der Waals surface area (Å²) in [6, 6.07) is 4.03. The average molecular weight is 741 g/mol. The molecule has 0 saturated heterocycles. The molecule has 0 aliphatic heterocycles. The Morgan fingerprint density at radius 2 is 1.63 bits per heavy atom. The van der Waals surface area contributed by atoms with E-state index in [1.54, 1.807) is 20.0 Å². The molecule has 1 heterocycles. The van der Waals surface area contributed by atoms with Crippen LogP contribution in [0.3, 0.4) is 0 Å². The fraction of sp³-hybridized carbons (Fsp3) is 0.562. The molecule has 5 atom stereocenters. The molecular weight excluding hydrogens is 692 g/mol. The molecule has 284 valence electrons. The number of rotatable bonds is 22. The quantitative estimate of drug-likeness (QED) is 0.0464. The first-order chi connectivity index (χ1) is 24.0. The number of amides is 5. The van der Waals surface area contributed by atoms with E-state index in [1.807, 2.05) is 31.2 Å². The lowest BCUT2D eigenvalue weighted by Crippen LogP contribution is -2.56. The molecular formula is C32H48N6O12S. The number of hydrogen-bond donors (Lipinski definition) is 7. The second-order valence-electron chi connectivity index (χ2n) is 11.9. The Morgan fingerprint density at radius 3 is 2.27 bits per heavy atom. The Bertz CT molecular complexity index is 1610. The highest BCUT2D eigenvalue weighted by atomic mass is 32.3. The number of ether oxygens (including phenoxy) is 2. The van der Waals surface area contributed by atoms with Gasteiger partial charge in [0.15, 0.2) is 0 Å². The summed E-state index contributed by atoms with van der Waals surface area (Å²) in [6.45, 7) is 6.01. The number of para-hydroxylation sites is 1. The third kappa shape index (κ3) is 16.3. The van der Waals surface area contributed by atoms with Crippen molar-refractivity contribution in [1.82, 2.24) is 31.6 Å². The minimum absolute atomic E-state index is 0.000518. The van der Waals surface area contributed by atoms with E-state index in [1.165, 1.54) is 13.8 Å². The number of fused-ring (bicyclic) bond motifs is 1. The lowest BCUT2D eigenvalue weighted by Gasteiger charge is -2.24. The van der Waals surface area contributed by atoms with Gasteiger partial charge in [0.1, 0.15) is 18.2 Å². The van der Waals surface area contributed by atoms with Crippen molar-refractivity contribution in [3.8, 4) is 0 Å². The van der Waals surface area contributed by atoms with Gasteiger partial charge in [-0.25, -0.2) is 4.18 Å². The van der Waals surface area contributed by atoms with Gasteiger partial charge in [-0.15, -0.1) is 0 Å². The number of carbonyl (C=O) groups excluding carboxylic acids is 6. The van der Waals surface area contributed by atoms with Gasteiger partial charge in [0.2, 0.25) is 29.5 Å². The van der Waals surface area contributed by atoms with Crippen molar-refractivity contribution in [3.05, 3.63) is 36.0 Å². The van der Waals surface area contributed by atoms with Gasteiger partial charge in [0, 0.05) is 43.9 Å². The van der Waals surface area contributed by atoms with Crippen LogP contribution in [0.15, 0.2) is 30.5 Å². The molecule has 1 aromatic carbocycles. The van der Waals surface area contributed by atoms with Gasteiger partial charge in [0.05, 0.1) is 38.8 Å². The summed E-state index contributed by atoms with van der Waals surface area (Å²) in [6.07, 6.45) is 2.19. The zero-order valence-corrected chi connectivity index (χ0v) is 30.1. The molecule has 2 aromatic rings. The van der Waals surface area contributed by atoms with E-state index >= 15 is 0 Å². The minimum Gasteiger partial charge on any atom is -0.463 e. The van der Waals surface area contributed by atoms with Gasteiger partial charge in [0.25, 0.3) is 0 Å². The number of H-pyrrole nitrogens is 1. The molecule has 0 unspecified atom stereocenters. The number of nitrogens with one attached hydrogen (secondary N) is 6. The molecule has 0 spiro atoms. The number of carbonyl (C=O) groups is 6. The lowest BCUT2D eigenvalue weighted by atomic mass is 9.98. The third-order valence-corrected chi connectivity index (χ3v) is 8.02. The molecule has 18 nitrogen and oxygen atoms in total. The number of aromatic nitrogens is 1. The van der Waals surface area contributed by atoms with Crippen molar-refractivity contribution in [2.24, 2.45) is 5.92 Å². The smallest absolute Gasteiger partial charge is 0.397 e. The Kier molecular flexibility index (Phi) is 17.5. The van der Waals surface area contributed by atoms with Crippen molar-refractivity contribution in [1.29, 1.82) is 0 Å². The summed E-state index contributed by atoms with van der Waals surface area (Å²) >= 11 is 0. The Morgan fingerprint density at radius 1 is 0.922 bits per heavy atom. The molecule has 0 aliphatic rings. The van der Waals surface area contributed by atoms with E-state index < -0.39 is 83.3 Å². The van der Waals surface area contributed by atoms with E-state index in [4.69, 9.17) is 14.0 Å². The summed E-state index contributed by atoms with van der Waals surface area (Å²) in [7, 11) is -5.01. The van der Waals surface area contributed by atoms with Gasteiger partial charge >= 0.3 is 16.4 Å². The third-order valence-electron chi connectivity index (χ3n) is 7.58. The van der Waals surface area contributed by atoms with Crippen LogP contribution in [0.2, 0.25) is 0 Å². The summed E-state index contributed by atoms with van der Waals surface area (Å²) < 4.78 is 46.4. The zero-order chi connectivity index (χ0) is 38.1. The van der Waals surface area contributed by atoms with Crippen LogP contribution in [0.1, 0.15) is 53.0 Å². The lowest BCUT2D eigenvalue weighted by molar-refractivity contribution is -0.146. The molecule has 2 rings (SSSR count). The van der Waals surface area contributed by atoms with Crippen LogP contribution in [-0.2, 0) is 59.2 Å². The summed E-state index contributed by atoms with van der Waals surface area (Å²) in [5, 5.41) is 13.3. The first-order valence-electron chi connectivity index (χ1n) is 16.3. The predicted molar refractivity (Wildman–Crippen MR) is 183 cm³/mol. The topological polar surface area (TPSA) is 260 Å². The summed E-state index contributed by atoms with van der Waals surface area (Å²) in [4.78, 5) is 77.7. The molecule has 1 aromatic heterocycles. The van der Waals surface area contributed by atoms with E-state index in [-0.39, 0.29) is 32.1 Å². The van der Waals surface area contributed by atoms with Gasteiger partial charge in [-0.3, -0.25) is 33.3 Å². The first-order valence-corrected chi connectivity index (χ1v) is 17.7. The van der Waals surface area contributed by atoms with E-state index in [0.29, 0.717) is 12.8 Å². The SMILES string of the molecule is CC[C@H](C)[C@H](NC(=O)Cc1c[nH]c2ccccc12)C(=O)NCC(=O)N[C@@H](COS(=O)(=O)O)C(=O)NC[C@@H](COCC[C@@H](C)OC(C)=O)NC(C)=O. The molecule has 0 saturated carbocycles. The van der Waals surface area contributed by atoms with Crippen LogP contribution in [0.5, 0.6) is 0 Å². The molecule has 0 aliphatic carbocycles. The van der Waals surface area contributed by atoms with Crippen molar-refractivity contribution in [2.75, 3.05) is 32.9 Å². The van der Waals surface area contributed by atoms with Gasteiger partial charge in [-0.1, -0.05) is 38.5 Å². The Balaban J connectivity index is 1.99. The van der Waals surface area contributed by atoms with Gasteiger partial charge in [-0.05, 0) is 24.5 Å². The van der Waals surface area contributed by atoms with Crippen LogP contribution >= 0.6 is 0 Å². The fourth-order valence-electron chi connectivity index (χ4n) is 4.84. The van der Waals surface area contributed by atoms with E-state index in [2.05, 4.69) is 35.8 Å². The Labute approximate surface area is 296 Å². The highest BCUT2D eigenvalue weighted by molar-refractivity contribution is 7.80. The normalized spacial score (nSPS) is 14.3. The van der Waals surface area contributed by atoms with Crippen molar-refractivity contribution >= 4 is 56.8 Å². The maximum Gasteiger partial charge on any atom is 0.397 e. The minimum atomic E-state index is -5.01. The number of hydrogen-bond acceptors (Lipinski definition) is 11. The zero-order valence-electron chi connectivity index (χ0n) is 29.3. The highest BCUT2D eigenvalue weighted by Gasteiger charge is 2.28. The maximum atomic E-state index is 13.1. The van der Waals surface area contributed by atoms with Crippen molar-refractivity contribution < 1.29 is 55.4 Å². The van der Waals surface area contributed by atoms with Gasteiger partial charge in [-0.2, -0.15) is 8.42 Å². The molecule has 19 heteroatoms. The predicted octanol–water partition coefficient (Wildman–Crippen LogP) is -0.359.